The van der Waals surface area contributed by atoms with Crippen molar-refractivity contribution in [3.63, 3.8) is 0 Å². The summed E-state index contributed by atoms with van der Waals surface area (Å²) < 4.78 is 10.3. The Bertz CT molecular complexity index is 578. The maximum absolute atomic E-state index is 11.8. The Kier molecular flexibility index (Phi) is 7.32. The van der Waals surface area contributed by atoms with E-state index in [-0.39, 0.29) is 18.7 Å². The molecule has 1 aromatic rings. The van der Waals surface area contributed by atoms with Crippen molar-refractivity contribution in [3.8, 4) is 0 Å². The van der Waals surface area contributed by atoms with Crippen LogP contribution in [0.5, 0.6) is 0 Å². The highest BCUT2D eigenvalue weighted by Gasteiger charge is 2.27. The smallest absolute Gasteiger partial charge is 0.409 e. The average molecular weight is 366 g/mol. The van der Waals surface area contributed by atoms with Gasteiger partial charge in [-0.05, 0) is 45.7 Å². The van der Waals surface area contributed by atoms with Gasteiger partial charge in [-0.2, -0.15) is 0 Å². The number of guanidine groups is 1. The van der Waals surface area contributed by atoms with Crippen LogP contribution in [0.25, 0.3) is 0 Å². The molecular formula is C18H30N4O4. The van der Waals surface area contributed by atoms with Gasteiger partial charge in [0, 0.05) is 25.7 Å². The number of likely N-dealkylation sites (tertiary alicyclic amines) is 1. The van der Waals surface area contributed by atoms with E-state index in [2.05, 4.69) is 15.6 Å². The van der Waals surface area contributed by atoms with Crippen LogP contribution in [0.1, 0.15) is 39.4 Å². The van der Waals surface area contributed by atoms with E-state index in [1.165, 1.54) is 6.26 Å². The molecule has 1 aliphatic rings. The lowest BCUT2D eigenvalue weighted by Gasteiger charge is -2.32. The van der Waals surface area contributed by atoms with Gasteiger partial charge in [0.05, 0.1) is 19.4 Å². The minimum Gasteiger partial charge on any atom is -0.466 e. The third-order valence-electron chi connectivity index (χ3n) is 4.30. The van der Waals surface area contributed by atoms with Crippen molar-refractivity contribution in [3.05, 3.63) is 24.2 Å². The number of rotatable bonds is 6. The van der Waals surface area contributed by atoms with Crippen LogP contribution in [-0.4, -0.2) is 60.9 Å². The molecule has 1 saturated heterocycles. The second-order valence-corrected chi connectivity index (χ2v) is 6.55. The first-order valence-electron chi connectivity index (χ1n) is 9.19. The Morgan fingerprint density at radius 2 is 2.19 bits per heavy atom. The maximum Gasteiger partial charge on any atom is 0.409 e. The van der Waals surface area contributed by atoms with Crippen molar-refractivity contribution in [1.29, 1.82) is 0 Å². The van der Waals surface area contributed by atoms with E-state index >= 15 is 0 Å². The summed E-state index contributed by atoms with van der Waals surface area (Å²) in [5, 5.41) is 17.1. The fourth-order valence-electron chi connectivity index (χ4n) is 2.83. The first-order valence-corrected chi connectivity index (χ1v) is 9.19. The van der Waals surface area contributed by atoms with Gasteiger partial charge in [-0.25, -0.2) is 9.79 Å². The number of nitrogens with zero attached hydrogens (tertiary/aromatic N) is 2. The molecular weight excluding hydrogens is 336 g/mol. The minimum absolute atomic E-state index is 0.178. The molecule has 1 aromatic heterocycles. The average Bonchev–Trinajstić information content (AvgIpc) is 3.16. The van der Waals surface area contributed by atoms with Gasteiger partial charge >= 0.3 is 6.09 Å². The zero-order valence-corrected chi connectivity index (χ0v) is 15.8. The van der Waals surface area contributed by atoms with Crippen molar-refractivity contribution < 1.29 is 19.1 Å². The molecule has 0 saturated carbocycles. The van der Waals surface area contributed by atoms with Gasteiger partial charge in [0.2, 0.25) is 0 Å². The topological polar surface area (TPSA) is 99.3 Å². The quantitative estimate of drug-likeness (QED) is 0.523. The molecule has 8 nitrogen and oxygen atoms in total. The van der Waals surface area contributed by atoms with Crippen molar-refractivity contribution in [1.82, 2.24) is 15.5 Å². The summed E-state index contributed by atoms with van der Waals surface area (Å²) in [4.78, 5) is 18.0. The molecule has 26 heavy (non-hydrogen) atoms. The molecule has 1 unspecified atom stereocenters. The summed E-state index contributed by atoms with van der Waals surface area (Å²) in [5.74, 6) is 1.13. The molecule has 1 atom stereocenters. The first-order chi connectivity index (χ1) is 12.5. The van der Waals surface area contributed by atoms with Crippen LogP contribution in [0.2, 0.25) is 0 Å². The number of amides is 1. The van der Waals surface area contributed by atoms with Gasteiger partial charge in [0.1, 0.15) is 11.4 Å². The highest BCUT2D eigenvalue weighted by Crippen LogP contribution is 2.21. The number of nitrogens with one attached hydrogen (secondary N) is 2. The number of piperidine rings is 1. The number of furan rings is 1. The number of hydrogen-bond donors (Lipinski definition) is 3. The number of aliphatic hydroxyl groups is 1. The van der Waals surface area contributed by atoms with Crippen molar-refractivity contribution in [2.75, 3.05) is 32.8 Å². The standard InChI is InChI=1S/C18H30N4O4/c1-4-19-16(20-13-18(3,24)15-7-6-12-26-15)21-14-8-10-22(11-9-14)17(23)25-5-2/h6-7,12,14,24H,4-5,8-11,13H2,1-3H3,(H2,19,20,21). The van der Waals surface area contributed by atoms with E-state index in [0.717, 1.165) is 19.4 Å². The highest BCUT2D eigenvalue weighted by molar-refractivity contribution is 5.80. The third-order valence-corrected chi connectivity index (χ3v) is 4.30. The van der Waals surface area contributed by atoms with E-state index in [1.807, 2.05) is 13.8 Å². The zero-order valence-electron chi connectivity index (χ0n) is 15.8. The van der Waals surface area contributed by atoms with Crippen LogP contribution in [0.3, 0.4) is 0 Å². The van der Waals surface area contributed by atoms with E-state index < -0.39 is 5.60 Å². The van der Waals surface area contributed by atoms with Gasteiger partial charge in [0.25, 0.3) is 0 Å². The Hall–Kier alpha value is -2.22. The molecule has 1 fully saturated rings. The largest absolute Gasteiger partial charge is 0.466 e. The van der Waals surface area contributed by atoms with E-state index in [1.54, 1.807) is 24.0 Å². The molecule has 8 heteroatoms. The fourth-order valence-corrected chi connectivity index (χ4v) is 2.83. The van der Waals surface area contributed by atoms with Gasteiger partial charge in [-0.1, -0.05) is 0 Å². The summed E-state index contributed by atoms with van der Waals surface area (Å²) in [5.41, 5.74) is -1.17. The van der Waals surface area contributed by atoms with Crippen LogP contribution in [0.15, 0.2) is 27.8 Å². The zero-order chi connectivity index (χ0) is 19.0. The summed E-state index contributed by atoms with van der Waals surface area (Å²) in [7, 11) is 0. The Balaban J connectivity index is 1.89. The Morgan fingerprint density at radius 3 is 2.77 bits per heavy atom. The molecule has 1 amide bonds. The number of carbonyl (C=O) groups excluding carboxylic acids is 1. The molecule has 3 N–H and O–H groups in total. The van der Waals surface area contributed by atoms with Crippen molar-refractivity contribution >= 4 is 12.1 Å². The predicted molar refractivity (Wildman–Crippen MR) is 99.0 cm³/mol. The molecule has 0 spiro atoms. The molecule has 0 aromatic carbocycles. The molecule has 146 valence electrons. The summed E-state index contributed by atoms with van der Waals surface area (Å²) >= 11 is 0. The molecule has 1 aliphatic heterocycles. The predicted octanol–water partition coefficient (Wildman–Crippen LogP) is 1.66. The minimum atomic E-state index is -1.17. The van der Waals surface area contributed by atoms with Gasteiger partial charge in [0.15, 0.2) is 5.96 Å². The van der Waals surface area contributed by atoms with Gasteiger partial charge in [-0.3, -0.25) is 0 Å². The highest BCUT2D eigenvalue weighted by atomic mass is 16.6. The molecule has 2 heterocycles. The van der Waals surface area contributed by atoms with Crippen molar-refractivity contribution in [2.24, 2.45) is 4.99 Å². The van der Waals surface area contributed by atoms with Gasteiger partial charge in [-0.15, -0.1) is 0 Å². The number of carbonyl (C=O) groups is 1. The summed E-state index contributed by atoms with van der Waals surface area (Å²) in [6, 6.07) is 3.70. The second-order valence-electron chi connectivity index (χ2n) is 6.55. The number of ether oxygens (including phenoxy) is 1. The van der Waals surface area contributed by atoms with Crippen LogP contribution in [-0.2, 0) is 10.3 Å². The van der Waals surface area contributed by atoms with E-state index in [9.17, 15) is 9.90 Å². The lowest BCUT2D eigenvalue weighted by molar-refractivity contribution is 0.0436. The maximum atomic E-state index is 11.8. The van der Waals surface area contributed by atoms with Crippen LogP contribution >= 0.6 is 0 Å². The Morgan fingerprint density at radius 1 is 1.46 bits per heavy atom. The molecule has 0 radical (unpaired) electrons. The first kappa shape index (κ1) is 20.1. The van der Waals surface area contributed by atoms with Gasteiger partial charge < -0.3 is 29.8 Å². The van der Waals surface area contributed by atoms with Crippen LogP contribution < -0.4 is 10.6 Å². The SMILES string of the molecule is CCNC(=NCC(C)(O)c1ccco1)NC1CCN(C(=O)OCC)CC1. The molecule has 0 aliphatic carbocycles. The van der Waals surface area contributed by atoms with E-state index in [0.29, 0.717) is 31.4 Å². The van der Waals surface area contributed by atoms with Crippen molar-refractivity contribution in [2.45, 2.75) is 45.3 Å². The summed E-state index contributed by atoms with van der Waals surface area (Å²) in [6.07, 6.45) is 2.92. The molecule has 2 rings (SSSR count). The Labute approximate surface area is 154 Å². The second kappa shape index (κ2) is 9.47. The lowest BCUT2D eigenvalue weighted by atomic mass is 10.0. The summed E-state index contributed by atoms with van der Waals surface area (Å²) in [6.45, 7) is 8.07. The van der Waals surface area contributed by atoms with E-state index in [4.69, 9.17) is 9.15 Å². The van der Waals surface area contributed by atoms with Crippen LogP contribution in [0, 0.1) is 0 Å². The normalized spacial score (nSPS) is 18.3. The molecule has 0 bridgehead atoms. The number of aliphatic imine (C=N–C) groups is 1. The van der Waals surface area contributed by atoms with Crippen LogP contribution in [0.4, 0.5) is 4.79 Å². The monoisotopic (exact) mass is 366 g/mol. The third kappa shape index (κ3) is 5.66. The fraction of sp³-hybridized carbons (Fsp3) is 0.667. The lowest BCUT2D eigenvalue weighted by Crippen LogP contribution is -2.50. The number of hydrogen-bond acceptors (Lipinski definition) is 5.